The molecule has 3 aromatic heterocycles. The van der Waals surface area contributed by atoms with Gasteiger partial charge < -0.3 is 9.51 Å². The van der Waals surface area contributed by atoms with Crippen molar-refractivity contribution in [3.8, 4) is 29.0 Å². The Morgan fingerprint density at radius 2 is 2.21 bits per heavy atom. The summed E-state index contributed by atoms with van der Waals surface area (Å²) in [6.45, 7) is 0. The van der Waals surface area contributed by atoms with Crippen LogP contribution in [0.3, 0.4) is 0 Å². The summed E-state index contributed by atoms with van der Waals surface area (Å²) >= 11 is 3.33. The predicted molar refractivity (Wildman–Crippen MR) is 69.7 cm³/mol. The first-order chi connectivity index (χ1) is 9.26. The van der Waals surface area contributed by atoms with E-state index in [2.05, 4.69) is 36.0 Å². The Bertz CT molecular complexity index is 770. The highest BCUT2D eigenvalue weighted by atomic mass is 79.9. The molecule has 7 heteroatoms. The molecule has 0 unspecified atom stereocenters. The third kappa shape index (κ3) is 2.26. The zero-order chi connectivity index (χ0) is 13.2. The number of rotatable bonds is 2. The molecule has 0 aliphatic heterocycles. The van der Waals surface area contributed by atoms with Gasteiger partial charge in [0.2, 0.25) is 5.82 Å². The molecular formula is C12H6BrN5O. The van der Waals surface area contributed by atoms with Crippen LogP contribution in [0.1, 0.15) is 5.69 Å². The van der Waals surface area contributed by atoms with E-state index in [0.29, 0.717) is 23.1 Å². The van der Waals surface area contributed by atoms with Crippen molar-refractivity contribution >= 4 is 15.9 Å². The SMILES string of the molecule is N#Cc1ccc(-c2nc(-c3cncc(Br)c3)no2)[nH]1. The first-order valence-electron chi connectivity index (χ1n) is 5.30. The van der Waals surface area contributed by atoms with Crippen LogP contribution in [-0.2, 0) is 0 Å². The molecule has 0 atom stereocenters. The summed E-state index contributed by atoms with van der Waals surface area (Å²) < 4.78 is 5.99. The minimum absolute atomic E-state index is 0.330. The Morgan fingerprint density at radius 3 is 2.95 bits per heavy atom. The average molecular weight is 316 g/mol. The third-order valence-electron chi connectivity index (χ3n) is 2.43. The smallest absolute Gasteiger partial charge is 0.274 e. The molecule has 0 spiro atoms. The Kier molecular flexibility index (Phi) is 2.85. The summed E-state index contributed by atoms with van der Waals surface area (Å²) in [5.41, 5.74) is 1.80. The summed E-state index contributed by atoms with van der Waals surface area (Å²) in [5, 5.41) is 12.6. The highest BCUT2D eigenvalue weighted by Gasteiger charge is 2.12. The van der Waals surface area contributed by atoms with Crippen LogP contribution in [0.5, 0.6) is 0 Å². The second-order valence-electron chi connectivity index (χ2n) is 3.71. The van der Waals surface area contributed by atoms with Gasteiger partial charge in [-0.2, -0.15) is 10.2 Å². The lowest BCUT2D eigenvalue weighted by Crippen LogP contribution is -1.83. The molecule has 3 heterocycles. The molecule has 3 rings (SSSR count). The quantitative estimate of drug-likeness (QED) is 0.785. The molecule has 0 aromatic carbocycles. The normalized spacial score (nSPS) is 10.3. The second-order valence-corrected chi connectivity index (χ2v) is 4.63. The number of pyridine rings is 1. The fraction of sp³-hybridized carbons (Fsp3) is 0. The van der Waals surface area contributed by atoms with Crippen LogP contribution < -0.4 is 0 Å². The standard InChI is InChI=1S/C12H6BrN5O/c13-8-3-7(5-15-6-8)11-17-12(19-18-11)10-2-1-9(4-14)16-10/h1-3,5-6,16H. The third-order valence-corrected chi connectivity index (χ3v) is 2.86. The van der Waals surface area contributed by atoms with Crippen molar-refractivity contribution in [2.75, 3.05) is 0 Å². The number of aromatic amines is 1. The number of aromatic nitrogens is 4. The second kappa shape index (κ2) is 4.66. The van der Waals surface area contributed by atoms with E-state index in [9.17, 15) is 0 Å². The number of hydrogen-bond acceptors (Lipinski definition) is 5. The number of H-pyrrole nitrogens is 1. The molecule has 6 nitrogen and oxygen atoms in total. The molecule has 3 aromatic rings. The Hall–Kier alpha value is -2.46. The van der Waals surface area contributed by atoms with Gasteiger partial charge in [0.1, 0.15) is 17.5 Å². The molecule has 0 aliphatic rings. The van der Waals surface area contributed by atoms with Gasteiger partial charge in [-0.1, -0.05) is 5.16 Å². The van der Waals surface area contributed by atoms with Crippen LogP contribution in [0.25, 0.3) is 23.0 Å². The number of nitrogens with zero attached hydrogens (tertiary/aromatic N) is 4. The summed E-state index contributed by atoms with van der Waals surface area (Å²) in [7, 11) is 0. The molecule has 1 N–H and O–H groups in total. The van der Waals surface area contributed by atoms with Crippen molar-refractivity contribution in [2.24, 2.45) is 0 Å². The van der Waals surface area contributed by atoms with Crippen LogP contribution in [0.15, 0.2) is 39.6 Å². The van der Waals surface area contributed by atoms with Gasteiger partial charge in [0, 0.05) is 22.4 Å². The topological polar surface area (TPSA) is 91.4 Å². The van der Waals surface area contributed by atoms with E-state index in [1.807, 2.05) is 12.1 Å². The first-order valence-corrected chi connectivity index (χ1v) is 6.09. The van der Waals surface area contributed by atoms with Crippen LogP contribution in [0.4, 0.5) is 0 Å². The number of hydrogen-bond donors (Lipinski definition) is 1. The van der Waals surface area contributed by atoms with Gasteiger partial charge in [0.15, 0.2) is 0 Å². The lowest BCUT2D eigenvalue weighted by Gasteiger charge is -1.93. The molecule has 0 fully saturated rings. The van der Waals surface area contributed by atoms with Gasteiger partial charge in [0.25, 0.3) is 5.89 Å². The Balaban J connectivity index is 1.97. The van der Waals surface area contributed by atoms with Gasteiger partial charge in [-0.05, 0) is 34.1 Å². The van der Waals surface area contributed by atoms with E-state index < -0.39 is 0 Å². The number of halogens is 1. The molecule has 19 heavy (non-hydrogen) atoms. The van der Waals surface area contributed by atoms with Crippen molar-refractivity contribution in [3.63, 3.8) is 0 Å². The lowest BCUT2D eigenvalue weighted by molar-refractivity contribution is 0.431. The van der Waals surface area contributed by atoms with Gasteiger partial charge in [-0.25, -0.2) is 0 Å². The van der Waals surface area contributed by atoms with Crippen LogP contribution in [0.2, 0.25) is 0 Å². The summed E-state index contributed by atoms with van der Waals surface area (Å²) in [4.78, 5) is 11.2. The molecule has 0 saturated heterocycles. The van der Waals surface area contributed by atoms with Crippen molar-refractivity contribution in [1.82, 2.24) is 20.1 Å². The molecular weight excluding hydrogens is 310 g/mol. The van der Waals surface area contributed by atoms with E-state index >= 15 is 0 Å². The van der Waals surface area contributed by atoms with E-state index in [1.54, 1.807) is 24.5 Å². The molecule has 92 valence electrons. The maximum atomic E-state index is 8.75. The van der Waals surface area contributed by atoms with Crippen LogP contribution >= 0.6 is 15.9 Å². The Morgan fingerprint density at radius 1 is 1.32 bits per heavy atom. The predicted octanol–water partition coefficient (Wildman–Crippen LogP) is 2.76. The van der Waals surface area contributed by atoms with Crippen molar-refractivity contribution in [1.29, 1.82) is 5.26 Å². The largest absolute Gasteiger partial charge is 0.342 e. The number of nitrogens with one attached hydrogen (secondary N) is 1. The van der Waals surface area contributed by atoms with E-state index in [1.165, 1.54) is 0 Å². The van der Waals surface area contributed by atoms with Crippen molar-refractivity contribution in [3.05, 3.63) is 40.8 Å². The fourth-order valence-corrected chi connectivity index (χ4v) is 1.93. The molecule has 0 saturated carbocycles. The zero-order valence-electron chi connectivity index (χ0n) is 9.46. The molecule has 0 aliphatic carbocycles. The minimum Gasteiger partial charge on any atom is -0.342 e. The Labute approximate surface area is 116 Å². The monoisotopic (exact) mass is 315 g/mol. The van der Waals surface area contributed by atoms with Crippen LogP contribution in [-0.4, -0.2) is 20.1 Å². The number of nitriles is 1. The van der Waals surface area contributed by atoms with E-state index in [0.717, 1.165) is 10.0 Å². The average Bonchev–Trinajstić information content (AvgIpc) is 3.07. The van der Waals surface area contributed by atoms with Crippen LogP contribution in [0, 0.1) is 11.3 Å². The van der Waals surface area contributed by atoms with Crippen molar-refractivity contribution in [2.45, 2.75) is 0 Å². The fourth-order valence-electron chi connectivity index (χ4n) is 1.57. The van der Waals surface area contributed by atoms with Gasteiger partial charge >= 0.3 is 0 Å². The maximum Gasteiger partial charge on any atom is 0.274 e. The first kappa shape index (κ1) is 11.6. The zero-order valence-corrected chi connectivity index (χ0v) is 11.0. The van der Waals surface area contributed by atoms with Gasteiger partial charge in [0.05, 0.1) is 0 Å². The molecule has 0 radical (unpaired) electrons. The lowest BCUT2D eigenvalue weighted by atomic mass is 10.3. The van der Waals surface area contributed by atoms with E-state index in [-0.39, 0.29) is 0 Å². The van der Waals surface area contributed by atoms with E-state index in [4.69, 9.17) is 9.78 Å². The molecule has 0 amide bonds. The molecule has 0 bridgehead atoms. The summed E-state index contributed by atoms with van der Waals surface area (Å²) in [6, 6.07) is 7.22. The highest BCUT2D eigenvalue weighted by Crippen LogP contribution is 2.22. The maximum absolute atomic E-state index is 8.75. The van der Waals surface area contributed by atoms with Crippen molar-refractivity contribution < 1.29 is 4.52 Å². The minimum atomic E-state index is 0.330. The summed E-state index contributed by atoms with van der Waals surface area (Å²) in [6.07, 6.45) is 3.32. The highest BCUT2D eigenvalue weighted by molar-refractivity contribution is 9.10. The summed E-state index contributed by atoms with van der Waals surface area (Å²) in [5.74, 6) is 0.772. The van der Waals surface area contributed by atoms with Gasteiger partial charge in [-0.15, -0.1) is 0 Å². The van der Waals surface area contributed by atoms with Gasteiger partial charge in [-0.3, -0.25) is 4.98 Å².